The summed E-state index contributed by atoms with van der Waals surface area (Å²) in [7, 11) is 0. The van der Waals surface area contributed by atoms with Gasteiger partial charge in [-0.25, -0.2) is 0 Å². The molecule has 106 valence electrons. The molecule has 1 aromatic heterocycles. The number of hydrogen-bond donors (Lipinski definition) is 0. The highest BCUT2D eigenvalue weighted by molar-refractivity contribution is 7.07. The van der Waals surface area contributed by atoms with Gasteiger partial charge in [0.05, 0.1) is 18.5 Å². The maximum absolute atomic E-state index is 12.4. The van der Waals surface area contributed by atoms with Crippen molar-refractivity contribution < 1.29 is 9.59 Å². The first-order chi connectivity index (χ1) is 9.70. The van der Waals surface area contributed by atoms with Crippen LogP contribution in [-0.4, -0.2) is 46.8 Å². The third-order valence-corrected chi connectivity index (χ3v) is 4.93. The molecule has 0 aromatic carbocycles. The number of nitrogens with zero attached hydrogens (tertiary/aromatic N) is 2. The second-order valence-electron chi connectivity index (χ2n) is 5.36. The second kappa shape index (κ2) is 5.40. The zero-order valence-corrected chi connectivity index (χ0v) is 12.1. The van der Waals surface area contributed by atoms with Crippen molar-refractivity contribution in [3.05, 3.63) is 35.0 Å². The average Bonchev–Trinajstić information content (AvgIpc) is 3.10. The normalized spacial score (nSPS) is 25.1. The smallest absolute Gasteiger partial charge is 0.227 e. The Bertz CT molecular complexity index is 526. The van der Waals surface area contributed by atoms with E-state index in [0.717, 1.165) is 18.5 Å². The second-order valence-corrected chi connectivity index (χ2v) is 6.14. The van der Waals surface area contributed by atoms with E-state index in [-0.39, 0.29) is 23.9 Å². The Kier molecular flexibility index (Phi) is 3.61. The Morgan fingerprint density at radius 2 is 2.35 bits per heavy atom. The predicted molar refractivity (Wildman–Crippen MR) is 78.5 cm³/mol. The van der Waals surface area contributed by atoms with Crippen LogP contribution < -0.4 is 0 Å². The van der Waals surface area contributed by atoms with E-state index in [1.807, 2.05) is 26.6 Å². The van der Waals surface area contributed by atoms with E-state index in [1.165, 1.54) is 0 Å². The van der Waals surface area contributed by atoms with Gasteiger partial charge in [-0.2, -0.15) is 11.3 Å². The lowest BCUT2D eigenvalue weighted by molar-refractivity contribution is -0.131. The molecule has 2 unspecified atom stereocenters. The van der Waals surface area contributed by atoms with Crippen LogP contribution in [0.25, 0.3) is 0 Å². The molecular formula is C15H18N2O2S. The van der Waals surface area contributed by atoms with Crippen LogP contribution in [0.1, 0.15) is 18.4 Å². The van der Waals surface area contributed by atoms with E-state index in [2.05, 4.69) is 6.58 Å². The van der Waals surface area contributed by atoms with E-state index in [1.54, 1.807) is 17.4 Å². The average molecular weight is 290 g/mol. The van der Waals surface area contributed by atoms with Crippen molar-refractivity contribution >= 4 is 23.2 Å². The van der Waals surface area contributed by atoms with Gasteiger partial charge in [0, 0.05) is 19.5 Å². The molecule has 1 aromatic rings. The van der Waals surface area contributed by atoms with Crippen molar-refractivity contribution in [1.82, 2.24) is 9.80 Å². The van der Waals surface area contributed by atoms with Crippen LogP contribution in [0.2, 0.25) is 0 Å². The summed E-state index contributed by atoms with van der Waals surface area (Å²) >= 11 is 1.61. The van der Waals surface area contributed by atoms with E-state index in [4.69, 9.17) is 0 Å². The lowest BCUT2D eigenvalue weighted by Gasteiger charge is -2.24. The number of likely N-dealkylation sites (tertiary alicyclic amines) is 2. The van der Waals surface area contributed by atoms with Crippen molar-refractivity contribution in [2.45, 2.75) is 31.3 Å². The van der Waals surface area contributed by atoms with Crippen LogP contribution in [0.3, 0.4) is 0 Å². The van der Waals surface area contributed by atoms with Crippen LogP contribution in [0.5, 0.6) is 0 Å². The summed E-state index contributed by atoms with van der Waals surface area (Å²) in [6, 6.07) is 2.24. The number of carbonyl (C=O) groups excluding carboxylic acids is 2. The topological polar surface area (TPSA) is 40.6 Å². The van der Waals surface area contributed by atoms with Gasteiger partial charge < -0.3 is 9.80 Å². The van der Waals surface area contributed by atoms with Gasteiger partial charge in [0.1, 0.15) is 0 Å². The first kappa shape index (κ1) is 13.4. The van der Waals surface area contributed by atoms with E-state index in [9.17, 15) is 9.59 Å². The molecule has 3 heterocycles. The van der Waals surface area contributed by atoms with Crippen molar-refractivity contribution in [3.8, 4) is 0 Å². The van der Waals surface area contributed by atoms with Crippen molar-refractivity contribution in [3.63, 3.8) is 0 Å². The standard InChI is InChI=1S/C15H18N2O2S/c1-2-5-16-12-3-6-17(13(12)9-15(16)19)14(18)8-11-4-7-20-10-11/h2,4,7,10,12-13H,1,3,5-6,8-9H2. The highest BCUT2D eigenvalue weighted by Gasteiger charge is 2.47. The molecule has 2 fully saturated rings. The molecule has 0 aliphatic carbocycles. The van der Waals surface area contributed by atoms with E-state index < -0.39 is 0 Å². The maximum Gasteiger partial charge on any atom is 0.227 e. The summed E-state index contributed by atoms with van der Waals surface area (Å²) in [5.41, 5.74) is 1.07. The highest BCUT2D eigenvalue weighted by Crippen LogP contribution is 2.32. The highest BCUT2D eigenvalue weighted by atomic mass is 32.1. The Morgan fingerprint density at radius 3 is 3.05 bits per heavy atom. The largest absolute Gasteiger partial charge is 0.337 e. The first-order valence-electron chi connectivity index (χ1n) is 6.91. The van der Waals surface area contributed by atoms with Gasteiger partial charge in [-0.3, -0.25) is 9.59 Å². The molecule has 2 amide bonds. The molecule has 2 aliphatic heterocycles. The number of fused-ring (bicyclic) bond motifs is 1. The third kappa shape index (κ3) is 2.26. The summed E-state index contributed by atoms with van der Waals surface area (Å²) < 4.78 is 0. The molecule has 0 spiro atoms. The minimum Gasteiger partial charge on any atom is -0.337 e. The van der Waals surface area contributed by atoms with E-state index >= 15 is 0 Å². The zero-order valence-electron chi connectivity index (χ0n) is 11.3. The Labute approximate surface area is 122 Å². The Morgan fingerprint density at radius 1 is 1.50 bits per heavy atom. The summed E-state index contributed by atoms with van der Waals surface area (Å²) in [4.78, 5) is 28.2. The summed E-state index contributed by atoms with van der Waals surface area (Å²) in [5.74, 6) is 0.289. The molecule has 0 bridgehead atoms. The van der Waals surface area contributed by atoms with Crippen LogP contribution in [0, 0.1) is 0 Å². The molecule has 0 radical (unpaired) electrons. The number of carbonyl (C=O) groups is 2. The fraction of sp³-hybridized carbons (Fsp3) is 0.467. The van der Waals surface area contributed by atoms with Gasteiger partial charge in [-0.1, -0.05) is 6.08 Å². The molecule has 4 nitrogen and oxygen atoms in total. The molecule has 2 atom stereocenters. The van der Waals surface area contributed by atoms with Crippen LogP contribution >= 0.6 is 11.3 Å². The van der Waals surface area contributed by atoms with Crippen LogP contribution in [0.4, 0.5) is 0 Å². The molecule has 20 heavy (non-hydrogen) atoms. The fourth-order valence-corrected chi connectivity index (χ4v) is 3.95. The molecule has 0 saturated carbocycles. The summed E-state index contributed by atoms with van der Waals surface area (Å²) in [6.45, 7) is 5.06. The molecule has 2 saturated heterocycles. The predicted octanol–water partition coefficient (Wildman–Crippen LogP) is 1.68. The number of rotatable bonds is 4. The molecule has 0 N–H and O–H groups in total. The Hall–Kier alpha value is -1.62. The minimum atomic E-state index is 0.0635. The monoisotopic (exact) mass is 290 g/mol. The zero-order chi connectivity index (χ0) is 14.1. The van der Waals surface area contributed by atoms with Gasteiger partial charge in [-0.15, -0.1) is 6.58 Å². The van der Waals surface area contributed by atoms with Crippen molar-refractivity contribution in [2.24, 2.45) is 0 Å². The first-order valence-corrected chi connectivity index (χ1v) is 7.86. The van der Waals surface area contributed by atoms with Gasteiger partial charge in [0.25, 0.3) is 0 Å². The van der Waals surface area contributed by atoms with Gasteiger partial charge in [0.15, 0.2) is 0 Å². The van der Waals surface area contributed by atoms with Gasteiger partial charge in [0.2, 0.25) is 11.8 Å². The lowest BCUT2D eigenvalue weighted by atomic mass is 10.1. The quantitative estimate of drug-likeness (QED) is 0.792. The third-order valence-electron chi connectivity index (χ3n) is 4.20. The minimum absolute atomic E-state index is 0.0635. The lowest BCUT2D eigenvalue weighted by Crippen LogP contribution is -2.40. The number of hydrogen-bond acceptors (Lipinski definition) is 3. The molecule has 2 aliphatic rings. The van der Waals surface area contributed by atoms with Gasteiger partial charge >= 0.3 is 0 Å². The van der Waals surface area contributed by atoms with Crippen molar-refractivity contribution in [2.75, 3.05) is 13.1 Å². The molecule has 5 heteroatoms. The number of thiophene rings is 1. The molecular weight excluding hydrogens is 272 g/mol. The Balaban J connectivity index is 1.69. The van der Waals surface area contributed by atoms with Gasteiger partial charge in [-0.05, 0) is 28.8 Å². The van der Waals surface area contributed by atoms with E-state index in [0.29, 0.717) is 19.4 Å². The summed E-state index contributed by atoms with van der Waals surface area (Å²) in [6.07, 6.45) is 3.56. The van der Waals surface area contributed by atoms with Crippen molar-refractivity contribution in [1.29, 1.82) is 0 Å². The SMILES string of the molecule is C=CCN1C(=O)CC2C1CCN2C(=O)Cc1ccsc1. The summed E-state index contributed by atoms with van der Waals surface area (Å²) in [5, 5.41) is 4.00. The molecule has 3 rings (SSSR count). The fourth-order valence-electron chi connectivity index (χ4n) is 3.28. The number of amides is 2. The van der Waals surface area contributed by atoms with Crippen LogP contribution in [0.15, 0.2) is 29.5 Å². The van der Waals surface area contributed by atoms with Crippen LogP contribution in [-0.2, 0) is 16.0 Å². The maximum atomic E-state index is 12.4.